The molecule has 0 atom stereocenters. The molecule has 0 heterocycles. The van der Waals surface area contributed by atoms with Gasteiger partial charge in [0, 0.05) is 15.2 Å². The third-order valence-electron chi connectivity index (χ3n) is 2.26. The Balaban J connectivity index is 2.24. The molecule has 0 unspecified atom stereocenters. The van der Waals surface area contributed by atoms with Gasteiger partial charge in [0.25, 0.3) is 5.91 Å². The summed E-state index contributed by atoms with van der Waals surface area (Å²) in [6.07, 6.45) is 0. The monoisotopic (exact) mass is 343 g/mol. The molecule has 2 aromatic rings. The molecule has 5 heteroatoms. The second kappa shape index (κ2) is 5.74. The normalized spacial score (nSPS) is 10.2. The van der Waals surface area contributed by atoms with Crippen molar-refractivity contribution in [2.75, 3.05) is 5.32 Å². The lowest BCUT2D eigenvalue weighted by atomic mass is 10.2. The summed E-state index contributed by atoms with van der Waals surface area (Å²) in [4.78, 5) is 12.0. The van der Waals surface area contributed by atoms with Gasteiger partial charge in [-0.05, 0) is 36.4 Å². The van der Waals surface area contributed by atoms with Crippen LogP contribution in [-0.2, 0) is 0 Å². The maximum Gasteiger partial charge on any atom is 0.257 e. The molecular formula is C13H8BrCl2NO. The summed E-state index contributed by atoms with van der Waals surface area (Å²) in [5.41, 5.74) is 1.04. The number of hydrogen-bond donors (Lipinski definition) is 1. The first kappa shape index (κ1) is 13.4. The molecule has 2 rings (SSSR count). The Morgan fingerprint density at radius 1 is 1.11 bits per heavy atom. The highest BCUT2D eigenvalue weighted by molar-refractivity contribution is 9.10. The van der Waals surface area contributed by atoms with E-state index in [1.807, 2.05) is 12.1 Å². The summed E-state index contributed by atoms with van der Waals surface area (Å²) < 4.78 is 0.887. The first-order valence-corrected chi connectivity index (χ1v) is 6.63. The van der Waals surface area contributed by atoms with E-state index in [4.69, 9.17) is 23.2 Å². The van der Waals surface area contributed by atoms with Crippen molar-refractivity contribution in [2.24, 2.45) is 0 Å². The van der Waals surface area contributed by atoms with Crippen LogP contribution in [-0.4, -0.2) is 5.91 Å². The Kier molecular flexibility index (Phi) is 4.27. The Hall–Kier alpha value is -1.03. The molecule has 0 spiro atoms. The van der Waals surface area contributed by atoms with Crippen molar-refractivity contribution in [2.45, 2.75) is 0 Å². The van der Waals surface area contributed by atoms with E-state index in [1.54, 1.807) is 24.3 Å². The van der Waals surface area contributed by atoms with Crippen LogP contribution in [0.25, 0.3) is 0 Å². The van der Waals surface area contributed by atoms with Crippen LogP contribution in [0.15, 0.2) is 46.9 Å². The lowest BCUT2D eigenvalue weighted by Crippen LogP contribution is -2.12. The van der Waals surface area contributed by atoms with Crippen LogP contribution in [0.4, 0.5) is 5.69 Å². The molecule has 0 radical (unpaired) electrons. The minimum absolute atomic E-state index is 0.291. The van der Waals surface area contributed by atoms with Crippen LogP contribution in [0.2, 0.25) is 10.0 Å². The van der Waals surface area contributed by atoms with Gasteiger partial charge < -0.3 is 5.32 Å². The highest BCUT2D eigenvalue weighted by Crippen LogP contribution is 2.22. The Bertz CT molecular complexity index is 601. The summed E-state index contributed by atoms with van der Waals surface area (Å²) in [5, 5.41) is 3.59. The van der Waals surface area contributed by atoms with Gasteiger partial charge in [-0.3, -0.25) is 4.79 Å². The summed E-state index contributed by atoms with van der Waals surface area (Å²) >= 11 is 15.1. The number of nitrogens with one attached hydrogen (secondary N) is 1. The highest BCUT2D eigenvalue weighted by atomic mass is 79.9. The zero-order valence-electron chi connectivity index (χ0n) is 9.08. The lowest BCUT2D eigenvalue weighted by molar-refractivity contribution is 0.102. The third kappa shape index (κ3) is 3.25. The van der Waals surface area contributed by atoms with Gasteiger partial charge in [0.15, 0.2) is 0 Å². The van der Waals surface area contributed by atoms with Crippen molar-refractivity contribution < 1.29 is 4.79 Å². The Morgan fingerprint density at radius 3 is 2.61 bits per heavy atom. The molecule has 92 valence electrons. The minimum Gasteiger partial charge on any atom is -0.322 e. The largest absolute Gasteiger partial charge is 0.322 e. The zero-order chi connectivity index (χ0) is 13.1. The van der Waals surface area contributed by atoms with Crippen LogP contribution in [0, 0.1) is 0 Å². The standard InChI is InChI=1S/C13H8BrCl2NO/c14-8-2-1-3-10(6-8)17-13(18)11-7-9(15)4-5-12(11)16/h1-7H,(H,17,18). The van der Waals surface area contributed by atoms with Crippen molar-refractivity contribution in [1.82, 2.24) is 0 Å². The second-order valence-electron chi connectivity index (χ2n) is 3.59. The minimum atomic E-state index is -0.291. The smallest absolute Gasteiger partial charge is 0.257 e. The van der Waals surface area contributed by atoms with Gasteiger partial charge in [-0.25, -0.2) is 0 Å². The van der Waals surface area contributed by atoms with Gasteiger partial charge in [0.1, 0.15) is 0 Å². The Labute approximate surface area is 123 Å². The number of benzene rings is 2. The fraction of sp³-hybridized carbons (Fsp3) is 0. The molecule has 0 bridgehead atoms. The number of carbonyl (C=O) groups excluding carboxylic acids is 1. The maximum absolute atomic E-state index is 12.0. The van der Waals surface area contributed by atoms with Crippen LogP contribution >= 0.6 is 39.1 Å². The van der Waals surface area contributed by atoms with Gasteiger partial charge in [-0.1, -0.05) is 45.2 Å². The summed E-state index contributed by atoms with van der Waals surface area (Å²) in [7, 11) is 0. The fourth-order valence-corrected chi connectivity index (χ4v) is 2.21. The molecule has 0 aliphatic carbocycles. The van der Waals surface area contributed by atoms with E-state index < -0.39 is 0 Å². The first-order valence-electron chi connectivity index (χ1n) is 5.08. The third-order valence-corrected chi connectivity index (χ3v) is 3.31. The predicted molar refractivity (Wildman–Crippen MR) is 78.6 cm³/mol. The van der Waals surface area contributed by atoms with Crippen molar-refractivity contribution in [1.29, 1.82) is 0 Å². The number of rotatable bonds is 2. The van der Waals surface area contributed by atoms with E-state index in [-0.39, 0.29) is 5.91 Å². The van der Waals surface area contributed by atoms with E-state index >= 15 is 0 Å². The lowest BCUT2D eigenvalue weighted by Gasteiger charge is -2.07. The van der Waals surface area contributed by atoms with E-state index in [0.717, 1.165) is 4.47 Å². The summed E-state index contributed by atoms with van der Waals surface area (Å²) in [6, 6.07) is 12.1. The predicted octanol–water partition coefficient (Wildman–Crippen LogP) is 5.01. The molecule has 0 aromatic heterocycles. The number of amides is 1. The molecule has 1 amide bonds. The average molecular weight is 345 g/mol. The maximum atomic E-state index is 12.0. The van der Waals surface area contributed by atoms with Crippen molar-refractivity contribution in [3.8, 4) is 0 Å². The number of carbonyl (C=O) groups is 1. The molecule has 1 N–H and O–H groups in total. The second-order valence-corrected chi connectivity index (χ2v) is 5.35. The van der Waals surface area contributed by atoms with Crippen LogP contribution in [0.3, 0.4) is 0 Å². The molecule has 0 saturated carbocycles. The topological polar surface area (TPSA) is 29.1 Å². The highest BCUT2D eigenvalue weighted by Gasteiger charge is 2.11. The quantitative estimate of drug-likeness (QED) is 0.815. The molecule has 18 heavy (non-hydrogen) atoms. The molecular weight excluding hydrogens is 337 g/mol. The summed E-state index contributed by atoms with van der Waals surface area (Å²) in [5.74, 6) is -0.291. The number of halogens is 3. The van der Waals surface area contributed by atoms with Crippen molar-refractivity contribution in [3.63, 3.8) is 0 Å². The van der Waals surface area contributed by atoms with Crippen LogP contribution < -0.4 is 5.32 Å². The van der Waals surface area contributed by atoms with Crippen LogP contribution in [0.5, 0.6) is 0 Å². The van der Waals surface area contributed by atoms with E-state index in [9.17, 15) is 4.79 Å². The molecule has 0 aliphatic heterocycles. The van der Waals surface area contributed by atoms with Gasteiger partial charge >= 0.3 is 0 Å². The molecule has 2 nitrogen and oxygen atoms in total. The van der Waals surface area contributed by atoms with Gasteiger partial charge in [0.2, 0.25) is 0 Å². The number of anilines is 1. The fourth-order valence-electron chi connectivity index (χ4n) is 1.44. The van der Waals surface area contributed by atoms with E-state index in [2.05, 4.69) is 21.2 Å². The average Bonchev–Trinajstić information content (AvgIpc) is 2.32. The SMILES string of the molecule is O=C(Nc1cccc(Br)c1)c1cc(Cl)ccc1Cl. The zero-order valence-corrected chi connectivity index (χ0v) is 12.2. The molecule has 2 aromatic carbocycles. The summed E-state index contributed by atoms with van der Waals surface area (Å²) in [6.45, 7) is 0. The van der Waals surface area contributed by atoms with E-state index in [0.29, 0.717) is 21.3 Å². The van der Waals surface area contributed by atoms with E-state index in [1.165, 1.54) is 6.07 Å². The van der Waals surface area contributed by atoms with Crippen molar-refractivity contribution in [3.05, 3.63) is 62.5 Å². The molecule has 0 aliphatic rings. The van der Waals surface area contributed by atoms with Gasteiger partial charge in [-0.2, -0.15) is 0 Å². The van der Waals surface area contributed by atoms with Crippen LogP contribution in [0.1, 0.15) is 10.4 Å². The number of hydrogen-bond acceptors (Lipinski definition) is 1. The first-order chi connectivity index (χ1) is 8.56. The molecule has 0 saturated heterocycles. The molecule has 0 fully saturated rings. The Morgan fingerprint density at radius 2 is 1.89 bits per heavy atom. The van der Waals surface area contributed by atoms with Gasteiger partial charge in [0.05, 0.1) is 10.6 Å². The van der Waals surface area contributed by atoms with Gasteiger partial charge in [-0.15, -0.1) is 0 Å². The van der Waals surface area contributed by atoms with Crippen molar-refractivity contribution >= 4 is 50.7 Å².